The molecule has 0 unspecified atom stereocenters. The molecule has 126 valence electrons. The van der Waals surface area contributed by atoms with Gasteiger partial charge in [0, 0.05) is 11.6 Å². The Hall–Kier alpha value is -1.27. The van der Waals surface area contributed by atoms with Gasteiger partial charge in [0.15, 0.2) is 0 Å². The molecule has 0 fully saturated rings. The summed E-state index contributed by atoms with van der Waals surface area (Å²) in [5.41, 5.74) is 0.529. The van der Waals surface area contributed by atoms with Crippen molar-refractivity contribution in [3.05, 3.63) is 22.1 Å². The summed E-state index contributed by atoms with van der Waals surface area (Å²) >= 11 is 4.35. The highest BCUT2D eigenvalue weighted by Gasteiger charge is 2.13. The second-order valence-corrected chi connectivity index (χ2v) is 8.20. The lowest BCUT2D eigenvalue weighted by Crippen LogP contribution is -2.23. The van der Waals surface area contributed by atoms with Gasteiger partial charge in [0.25, 0.3) is 0 Å². The summed E-state index contributed by atoms with van der Waals surface area (Å²) in [6, 6.07) is 1.30. The highest BCUT2D eigenvalue weighted by atomic mass is 79.9. The minimum Gasteiger partial charge on any atom is -0.394 e. The summed E-state index contributed by atoms with van der Waals surface area (Å²) in [4.78, 5) is 8.42. The van der Waals surface area contributed by atoms with E-state index in [9.17, 15) is 13.5 Å². The van der Waals surface area contributed by atoms with Crippen LogP contribution in [0.15, 0.2) is 26.3 Å². The third-order valence-electron chi connectivity index (χ3n) is 2.91. The number of thiophene rings is 1. The van der Waals surface area contributed by atoms with Crippen LogP contribution >= 0.6 is 27.3 Å². The molecule has 23 heavy (non-hydrogen) atoms. The number of halogens is 1. The molecule has 0 saturated carbocycles. The van der Waals surface area contributed by atoms with Crippen molar-refractivity contribution in [2.75, 3.05) is 17.2 Å². The van der Waals surface area contributed by atoms with Crippen molar-refractivity contribution in [2.24, 2.45) is 5.14 Å². The van der Waals surface area contributed by atoms with Crippen LogP contribution in [-0.4, -0.2) is 36.1 Å². The van der Waals surface area contributed by atoms with Gasteiger partial charge in [0.2, 0.25) is 16.0 Å². The first-order valence-electron chi connectivity index (χ1n) is 6.61. The Morgan fingerprint density at radius 1 is 1.52 bits per heavy atom. The largest absolute Gasteiger partial charge is 0.394 e. The smallest absolute Gasteiger partial charge is 0.247 e. The second-order valence-electron chi connectivity index (χ2n) is 4.65. The molecule has 0 saturated heterocycles. The van der Waals surface area contributed by atoms with Crippen LogP contribution in [0.25, 0.3) is 0 Å². The van der Waals surface area contributed by atoms with Crippen molar-refractivity contribution < 1.29 is 13.5 Å². The maximum absolute atomic E-state index is 11.3. The first-order chi connectivity index (χ1) is 10.8. The highest BCUT2D eigenvalue weighted by molar-refractivity contribution is 9.10. The van der Waals surface area contributed by atoms with E-state index in [1.807, 2.05) is 6.92 Å². The quantitative estimate of drug-likeness (QED) is 0.536. The van der Waals surface area contributed by atoms with Gasteiger partial charge in [-0.3, -0.25) is 0 Å². The van der Waals surface area contributed by atoms with Crippen LogP contribution in [0.4, 0.5) is 17.5 Å². The maximum atomic E-state index is 11.3. The molecule has 5 N–H and O–H groups in total. The van der Waals surface area contributed by atoms with E-state index in [1.165, 1.54) is 6.07 Å². The minimum atomic E-state index is -3.72. The average Bonchev–Trinajstić information content (AvgIpc) is 2.96. The molecule has 2 aromatic heterocycles. The van der Waals surface area contributed by atoms with Crippen molar-refractivity contribution in [1.29, 1.82) is 0 Å². The Bertz CT molecular complexity index is 777. The van der Waals surface area contributed by atoms with Crippen molar-refractivity contribution >= 4 is 54.7 Å². The summed E-state index contributed by atoms with van der Waals surface area (Å²) in [5, 5.41) is 22.0. The number of anilines is 3. The predicted molar refractivity (Wildman–Crippen MR) is 93.5 cm³/mol. The van der Waals surface area contributed by atoms with Gasteiger partial charge in [0.05, 0.1) is 22.8 Å². The Morgan fingerprint density at radius 3 is 2.83 bits per heavy atom. The molecule has 0 aromatic carbocycles. The minimum absolute atomic E-state index is 0.0159. The lowest BCUT2D eigenvalue weighted by atomic mass is 10.2. The zero-order valence-electron chi connectivity index (χ0n) is 12.2. The number of primary sulfonamides is 1. The number of hydrogen-bond donors (Lipinski definition) is 4. The molecule has 0 amide bonds. The van der Waals surface area contributed by atoms with E-state index in [2.05, 4.69) is 36.5 Å². The van der Waals surface area contributed by atoms with Gasteiger partial charge < -0.3 is 15.7 Å². The van der Waals surface area contributed by atoms with Gasteiger partial charge in [-0.25, -0.2) is 18.5 Å². The van der Waals surface area contributed by atoms with E-state index in [0.29, 0.717) is 21.9 Å². The molecular weight excluding hydrogens is 406 g/mol. The molecule has 0 spiro atoms. The van der Waals surface area contributed by atoms with Crippen LogP contribution in [0.1, 0.15) is 13.3 Å². The molecule has 2 heterocycles. The third kappa shape index (κ3) is 4.85. The maximum Gasteiger partial charge on any atom is 0.247 e. The number of aliphatic hydroxyl groups excluding tert-OH is 1. The number of sulfonamides is 1. The summed E-state index contributed by atoms with van der Waals surface area (Å²) in [7, 11) is -3.72. The monoisotopic (exact) mass is 421 g/mol. The topological polar surface area (TPSA) is 130 Å². The van der Waals surface area contributed by atoms with E-state index in [-0.39, 0.29) is 16.9 Å². The van der Waals surface area contributed by atoms with Crippen molar-refractivity contribution in [3.63, 3.8) is 0 Å². The lowest BCUT2D eigenvalue weighted by Gasteiger charge is -2.16. The number of hydrogen-bond acceptors (Lipinski definition) is 8. The Balaban J connectivity index is 2.19. The molecule has 0 radical (unpaired) electrons. The molecule has 2 aromatic rings. The van der Waals surface area contributed by atoms with E-state index in [0.717, 1.165) is 17.8 Å². The number of rotatable bonds is 7. The second kappa shape index (κ2) is 7.53. The number of nitrogens with one attached hydrogen (secondary N) is 2. The van der Waals surface area contributed by atoms with Crippen molar-refractivity contribution in [1.82, 2.24) is 9.97 Å². The summed E-state index contributed by atoms with van der Waals surface area (Å²) in [5.74, 6) is 0.826. The van der Waals surface area contributed by atoms with E-state index >= 15 is 0 Å². The molecule has 0 bridgehead atoms. The van der Waals surface area contributed by atoms with Gasteiger partial charge in [0.1, 0.15) is 10.0 Å². The third-order valence-corrected chi connectivity index (χ3v) is 5.88. The Morgan fingerprint density at radius 2 is 2.26 bits per heavy atom. The van der Waals surface area contributed by atoms with Gasteiger partial charge in [-0.15, -0.1) is 11.3 Å². The van der Waals surface area contributed by atoms with Crippen LogP contribution in [0.3, 0.4) is 0 Å². The Labute approximate surface area is 146 Å². The van der Waals surface area contributed by atoms with E-state index in [1.54, 1.807) is 11.6 Å². The molecule has 0 aliphatic heterocycles. The SMILES string of the molecule is CC[C@H](CO)Nc1nc(Nc2csc(S(N)(=O)=O)c2)ncc1Br. The molecule has 2 rings (SSSR count). The molecule has 8 nitrogen and oxygen atoms in total. The van der Waals surface area contributed by atoms with Gasteiger partial charge in [-0.1, -0.05) is 6.92 Å². The summed E-state index contributed by atoms with van der Waals surface area (Å²) in [6.07, 6.45) is 2.30. The number of nitrogens with two attached hydrogens (primary N) is 1. The van der Waals surface area contributed by atoms with Crippen LogP contribution in [-0.2, 0) is 10.0 Å². The zero-order chi connectivity index (χ0) is 17.0. The lowest BCUT2D eigenvalue weighted by molar-refractivity contribution is 0.271. The van der Waals surface area contributed by atoms with E-state index < -0.39 is 10.0 Å². The fraction of sp³-hybridized carbons (Fsp3) is 0.333. The van der Waals surface area contributed by atoms with Crippen LogP contribution < -0.4 is 15.8 Å². The van der Waals surface area contributed by atoms with Crippen LogP contribution in [0.2, 0.25) is 0 Å². The molecular formula is C12H16BrN5O3S2. The molecule has 0 aliphatic carbocycles. The zero-order valence-corrected chi connectivity index (χ0v) is 15.4. The van der Waals surface area contributed by atoms with Gasteiger partial charge >= 0.3 is 0 Å². The van der Waals surface area contributed by atoms with Gasteiger partial charge in [-0.05, 0) is 28.4 Å². The number of nitrogens with zero attached hydrogens (tertiary/aromatic N) is 2. The average molecular weight is 422 g/mol. The number of aromatic nitrogens is 2. The molecule has 0 aliphatic rings. The van der Waals surface area contributed by atoms with Crippen molar-refractivity contribution in [3.8, 4) is 0 Å². The van der Waals surface area contributed by atoms with E-state index in [4.69, 9.17) is 5.14 Å². The fourth-order valence-corrected chi connectivity index (χ4v) is 3.50. The first-order valence-corrected chi connectivity index (χ1v) is 9.83. The summed E-state index contributed by atoms with van der Waals surface area (Å²) < 4.78 is 23.3. The fourth-order valence-electron chi connectivity index (χ4n) is 1.66. The molecule has 1 atom stereocenters. The Kier molecular flexibility index (Phi) is 5.92. The van der Waals surface area contributed by atoms with Gasteiger partial charge in [-0.2, -0.15) is 4.98 Å². The van der Waals surface area contributed by atoms with Crippen LogP contribution in [0.5, 0.6) is 0 Å². The molecule has 11 heteroatoms. The number of aliphatic hydroxyl groups is 1. The first kappa shape index (κ1) is 18.1. The standard InChI is InChI=1S/C12H16BrN5O3S2/c1-2-7(5-19)16-11-9(13)4-15-12(18-11)17-8-3-10(22-6-8)23(14,20)21/h3-4,6-7,19H,2,5H2,1H3,(H2,14,20,21)(H2,15,16,17,18)/t7-/m1/s1. The summed E-state index contributed by atoms with van der Waals surface area (Å²) in [6.45, 7) is 1.93. The predicted octanol–water partition coefficient (Wildman–Crippen LogP) is 1.87. The highest BCUT2D eigenvalue weighted by Crippen LogP contribution is 2.26. The normalized spacial score (nSPS) is 12.9. The van der Waals surface area contributed by atoms with Crippen LogP contribution in [0, 0.1) is 0 Å². The van der Waals surface area contributed by atoms with Crippen molar-refractivity contribution in [2.45, 2.75) is 23.6 Å².